The summed E-state index contributed by atoms with van der Waals surface area (Å²) in [6, 6.07) is 0.653. The van der Waals surface area contributed by atoms with E-state index in [9.17, 15) is 0 Å². The number of likely N-dealkylation sites (N-methyl/N-ethyl adjacent to an activating group) is 1. The highest BCUT2D eigenvalue weighted by atomic mass is 15.1. The highest BCUT2D eigenvalue weighted by molar-refractivity contribution is 5.09. The molecule has 122 valence electrons. The van der Waals surface area contributed by atoms with Gasteiger partial charge in [0.1, 0.15) is 0 Å². The second-order valence-corrected chi connectivity index (χ2v) is 9.18. The van der Waals surface area contributed by atoms with E-state index < -0.39 is 0 Å². The maximum atomic E-state index is 4.42. The van der Waals surface area contributed by atoms with E-state index in [2.05, 4.69) is 53.1 Å². The lowest BCUT2D eigenvalue weighted by Crippen LogP contribution is -2.32. The lowest BCUT2D eigenvalue weighted by molar-refractivity contribution is 0.0938. The number of hydrogen-bond donors (Lipinski definition) is 0. The maximum Gasteiger partial charge on any atom is 0.0302 e. The van der Waals surface area contributed by atoms with Gasteiger partial charge < -0.3 is 0 Å². The van der Waals surface area contributed by atoms with Gasteiger partial charge in [-0.05, 0) is 74.8 Å². The molecule has 2 aliphatic rings. The first kappa shape index (κ1) is 17.1. The summed E-state index contributed by atoms with van der Waals surface area (Å²) in [7, 11) is 2.26. The molecule has 0 amide bonds. The Morgan fingerprint density at radius 2 is 1.90 bits per heavy atom. The van der Waals surface area contributed by atoms with Gasteiger partial charge in [-0.25, -0.2) is 0 Å². The van der Waals surface area contributed by atoms with Gasteiger partial charge in [-0.15, -0.1) is 0 Å². The normalized spacial score (nSPS) is 33.2. The second kappa shape index (κ2) is 6.07. The third-order valence-corrected chi connectivity index (χ3v) is 7.17. The lowest BCUT2D eigenvalue weighted by atomic mass is 9.65. The molecule has 0 spiro atoms. The molecule has 1 aliphatic heterocycles. The Hall–Kier alpha value is -0.300. The van der Waals surface area contributed by atoms with Crippen molar-refractivity contribution in [2.45, 2.75) is 79.2 Å². The second-order valence-electron chi connectivity index (χ2n) is 9.18. The first-order valence-corrected chi connectivity index (χ1v) is 9.03. The van der Waals surface area contributed by atoms with E-state index in [1.54, 1.807) is 0 Å². The molecule has 3 unspecified atom stereocenters. The Bertz CT molecular complexity index is 379. The predicted octanol–water partition coefficient (Wildman–Crippen LogP) is 5.52. The Balaban J connectivity index is 1.88. The highest BCUT2D eigenvalue weighted by Gasteiger charge is 2.48. The van der Waals surface area contributed by atoms with Crippen LogP contribution in [0.25, 0.3) is 0 Å². The maximum absolute atomic E-state index is 4.42. The molecule has 21 heavy (non-hydrogen) atoms. The average Bonchev–Trinajstić information content (AvgIpc) is 2.86. The third kappa shape index (κ3) is 3.38. The van der Waals surface area contributed by atoms with E-state index in [1.807, 2.05) is 0 Å². The largest absolute Gasteiger partial charge is 0.300 e. The fourth-order valence-corrected chi connectivity index (χ4v) is 4.76. The summed E-state index contributed by atoms with van der Waals surface area (Å²) in [5.41, 5.74) is 2.46. The molecule has 1 saturated heterocycles. The molecule has 1 saturated carbocycles. The van der Waals surface area contributed by atoms with Crippen molar-refractivity contribution in [3.63, 3.8) is 0 Å². The van der Waals surface area contributed by atoms with E-state index in [0.29, 0.717) is 16.9 Å². The Morgan fingerprint density at radius 1 is 1.24 bits per heavy atom. The van der Waals surface area contributed by atoms with Gasteiger partial charge in [0.15, 0.2) is 0 Å². The zero-order valence-corrected chi connectivity index (χ0v) is 15.3. The van der Waals surface area contributed by atoms with Crippen LogP contribution in [0.15, 0.2) is 12.2 Å². The molecular formula is C20H37N. The molecule has 1 nitrogen and oxygen atoms in total. The van der Waals surface area contributed by atoms with E-state index >= 15 is 0 Å². The monoisotopic (exact) mass is 291 g/mol. The van der Waals surface area contributed by atoms with Crippen LogP contribution in [0, 0.1) is 22.7 Å². The zero-order chi connectivity index (χ0) is 15.8. The molecule has 0 aromatic rings. The minimum atomic E-state index is 0.479. The molecule has 0 bridgehead atoms. The number of nitrogens with zero attached hydrogens (tertiary/aromatic N) is 1. The topological polar surface area (TPSA) is 3.24 Å². The predicted molar refractivity (Wildman–Crippen MR) is 93.5 cm³/mol. The Labute approximate surface area is 133 Å². The molecule has 0 N–H and O–H groups in total. The van der Waals surface area contributed by atoms with Crippen LogP contribution in [0.5, 0.6) is 0 Å². The van der Waals surface area contributed by atoms with Crippen molar-refractivity contribution in [2.24, 2.45) is 22.7 Å². The van der Waals surface area contributed by atoms with Crippen LogP contribution in [-0.4, -0.2) is 24.5 Å². The van der Waals surface area contributed by atoms with Crippen LogP contribution in [0.1, 0.15) is 73.1 Å². The first-order chi connectivity index (χ1) is 9.65. The average molecular weight is 292 g/mol. The van der Waals surface area contributed by atoms with Crippen molar-refractivity contribution >= 4 is 0 Å². The fraction of sp³-hybridized carbons (Fsp3) is 0.900. The Morgan fingerprint density at radius 3 is 2.38 bits per heavy atom. The fourth-order valence-electron chi connectivity index (χ4n) is 4.76. The molecule has 0 aromatic heterocycles. The van der Waals surface area contributed by atoms with Crippen LogP contribution in [0.2, 0.25) is 0 Å². The van der Waals surface area contributed by atoms with Crippen LogP contribution in [-0.2, 0) is 0 Å². The van der Waals surface area contributed by atoms with Crippen molar-refractivity contribution < 1.29 is 0 Å². The van der Waals surface area contributed by atoms with Gasteiger partial charge in [0.05, 0.1) is 0 Å². The van der Waals surface area contributed by atoms with Crippen LogP contribution < -0.4 is 0 Å². The summed E-state index contributed by atoms with van der Waals surface area (Å²) in [4.78, 5) is 2.50. The van der Waals surface area contributed by atoms with Crippen LogP contribution in [0.4, 0.5) is 0 Å². The third-order valence-electron chi connectivity index (χ3n) is 7.17. The van der Waals surface area contributed by atoms with Crippen molar-refractivity contribution in [1.29, 1.82) is 0 Å². The number of likely N-dealkylation sites (tertiary alicyclic amines) is 1. The molecule has 0 radical (unpaired) electrons. The first-order valence-electron chi connectivity index (χ1n) is 9.03. The van der Waals surface area contributed by atoms with E-state index in [-0.39, 0.29) is 0 Å². The molecule has 0 aromatic carbocycles. The van der Waals surface area contributed by atoms with Crippen LogP contribution >= 0.6 is 0 Å². The SMILES string of the molecule is C=C(CC(C)CC1CCC(C)(C)C1(C)C)C1CCCN1C. The standard InChI is InChI=1S/C20H37N/c1-15(13-16(2)18-9-8-12-21(18)7)14-17-10-11-19(3,4)20(17,5)6/h15,17-18H,2,8-14H2,1,3-7H3. The van der Waals surface area contributed by atoms with Gasteiger partial charge in [-0.3, -0.25) is 4.90 Å². The van der Waals surface area contributed by atoms with Crippen molar-refractivity contribution in [3.8, 4) is 0 Å². The molecule has 1 heterocycles. The number of hydrogen-bond acceptors (Lipinski definition) is 1. The summed E-state index contributed by atoms with van der Waals surface area (Å²) in [5, 5.41) is 0. The van der Waals surface area contributed by atoms with Gasteiger partial charge in [-0.1, -0.05) is 46.8 Å². The van der Waals surface area contributed by atoms with E-state index in [0.717, 1.165) is 11.8 Å². The summed E-state index contributed by atoms with van der Waals surface area (Å²) >= 11 is 0. The molecular weight excluding hydrogens is 254 g/mol. The Kier molecular flexibility index (Phi) is 4.93. The van der Waals surface area contributed by atoms with Crippen molar-refractivity contribution in [3.05, 3.63) is 12.2 Å². The molecule has 1 heteroatoms. The molecule has 2 rings (SSSR count). The van der Waals surface area contributed by atoms with Crippen molar-refractivity contribution in [2.75, 3.05) is 13.6 Å². The summed E-state index contributed by atoms with van der Waals surface area (Å²) in [6.45, 7) is 18.0. The van der Waals surface area contributed by atoms with E-state index in [1.165, 1.54) is 50.6 Å². The van der Waals surface area contributed by atoms with Gasteiger partial charge >= 0.3 is 0 Å². The zero-order valence-electron chi connectivity index (χ0n) is 15.3. The molecule has 3 atom stereocenters. The molecule has 2 fully saturated rings. The van der Waals surface area contributed by atoms with Gasteiger partial charge in [0.2, 0.25) is 0 Å². The highest BCUT2D eigenvalue weighted by Crippen LogP contribution is 2.57. The van der Waals surface area contributed by atoms with Crippen LogP contribution in [0.3, 0.4) is 0 Å². The van der Waals surface area contributed by atoms with E-state index in [4.69, 9.17) is 0 Å². The van der Waals surface area contributed by atoms with Gasteiger partial charge in [0.25, 0.3) is 0 Å². The van der Waals surface area contributed by atoms with Gasteiger partial charge in [-0.2, -0.15) is 0 Å². The van der Waals surface area contributed by atoms with Crippen molar-refractivity contribution in [1.82, 2.24) is 4.90 Å². The summed E-state index contributed by atoms with van der Waals surface area (Å²) in [5.74, 6) is 1.67. The minimum absolute atomic E-state index is 0.479. The molecule has 1 aliphatic carbocycles. The van der Waals surface area contributed by atoms with Gasteiger partial charge in [0, 0.05) is 6.04 Å². The number of rotatable bonds is 5. The smallest absolute Gasteiger partial charge is 0.0302 e. The summed E-state index contributed by atoms with van der Waals surface area (Å²) in [6.07, 6.45) is 8.08. The quantitative estimate of drug-likeness (QED) is 0.603. The summed E-state index contributed by atoms with van der Waals surface area (Å²) < 4.78 is 0. The minimum Gasteiger partial charge on any atom is -0.300 e. The lowest BCUT2D eigenvalue weighted by Gasteiger charge is -2.40.